The summed E-state index contributed by atoms with van der Waals surface area (Å²) in [6, 6.07) is 13.8. The van der Waals surface area contributed by atoms with Gasteiger partial charge in [-0.15, -0.1) is 0 Å². The first-order valence-corrected chi connectivity index (χ1v) is 6.61. The van der Waals surface area contributed by atoms with Gasteiger partial charge in [0.25, 0.3) is 5.91 Å². The van der Waals surface area contributed by atoms with Gasteiger partial charge in [0.05, 0.1) is 0 Å². The molecule has 0 aliphatic heterocycles. The normalized spacial score (nSPS) is 10.7. The van der Waals surface area contributed by atoms with Crippen molar-refractivity contribution in [2.45, 2.75) is 13.1 Å². The maximum absolute atomic E-state index is 13.1. The van der Waals surface area contributed by atoms with E-state index < -0.39 is 0 Å². The zero-order valence-corrected chi connectivity index (χ0v) is 11.8. The van der Waals surface area contributed by atoms with Gasteiger partial charge in [-0.1, -0.05) is 24.3 Å². The van der Waals surface area contributed by atoms with Crippen LogP contribution in [0.4, 0.5) is 4.39 Å². The third-order valence-corrected chi connectivity index (χ3v) is 3.14. The first-order chi connectivity index (χ1) is 10.1. The summed E-state index contributed by atoms with van der Waals surface area (Å²) in [7, 11) is 1.96. The van der Waals surface area contributed by atoms with Gasteiger partial charge < -0.3 is 0 Å². The minimum Gasteiger partial charge on any atom is -0.298 e. The molecule has 2 aromatic carbocycles. The van der Waals surface area contributed by atoms with E-state index in [0.29, 0.717) is 18.7 Å². The van der Waals surface area contributed by atoms with Gasteiger partial charge in [0.2, 0.25) is 0 Å². The molecule has 110 valence electrons. The number of carbonyl (C=O) groups excluding carboxylic acids is 1. The standard InChI is InChI=1S/C16H18FN3O/c1-20(11-13-3-2-4-15(17)9-13)10-12-5-7-14(8-6-12)16(21)19-18/h2-9H,10-11,18H2,1H3,(H,19,21). The Morgan fingerprint density at radius 3 is 2.43 bits per heavy atom. The van der Waals surface area contributed by atoms with Crippen molar-refractivity contribution >= 4 is 5.91 Å². The van der Waals surface area contributed by atoms with Crippen molar-refractivity contribution in [2.24, 2.45) is 5.84 Å². The maximum atomic E-state index is 13.1. The molecule has 21 heavy (non-hydrogen) atoms. The van der Waals surface area contributed by atoms with Gasteiger partial charge in [-0.05, 0) is 42.4 Å². The van der Waals surface area contributed by atoms with Crippen LogP contribution in [0, 0.1) is 5.82 Å². The van der Waals surface area contributed by atoms with E-state index in [1.807, 2.05) is 25.2 Å². The predicted molar refractivity (Wildman–Crippen MR) is 79.7 cm³/mol. The van der Waals surface area contributed by atoms with Crippen molar-refractivity contribution in [3.63, 3.8) is 0 Å². The summed E-state index contributed by atoms with van der Waals surface area (Å²) < 4.78 is 13.1. The second-order valence-corrected chi connectivity index (χ2v) is 4.97. The summed E-state index contributed by atoms with van der Waals surface area (Å²) in [5, 5.41) is 0. The van der Waals surface area contributed by atoms with Crippen LogP contribution in [0.5, 0.6) is 0 Å². The lowest BCUT2D eigenvalue weighted by atomic mass is 10.1. The van der Waals surface area contributed by atoms with E-state index in [1.165, 1.54) is 12.1 Å². The molecule has 0 heterocycles. The van der Waals surface area contributed by atoms with Gasteiger partial charge in [0.15, 0.2) is 0 Å². The number of nitrogens with zero attached hydrogens (tertiary/aromatic N) is 1. The molecule has 5 heteroatoms. The number of rotatable bonds is 5. The quantitative estimate of drug-likeness (QED) is 0.503. The molecule has 0 radical (unpaired) electrons. The van der Waals surface area contributed by atoms with Crippen LogP contribution < -0.4 is 11.3 Å². The third-order valence-electron chi connectivity index (χ3n) is 3.14. The van der Waals surface area contributed by atoms with Crippen LogP contribution >= 0.6 is 0 Å². The van der Waals surface area contributed by atoms with Crippen molar-refractivity contribution in [1.29, 1.82) is 0 Å². The highest BCUT2D eigenvalue weighted by Gasteiger charge is 2.05. The average molecular weight is 287 g/mol. The number of nitrogens with one attached hydrogen (secondary N) is 1. The molecule has 0 bridgehead atoms. The van der Waals surface area contributed by atoms with Crippen molar-refractivity contribution in [1.82, 2.24) is 10.3 Å². The van der Waals surface area contributed by atoms with Crippen molar-refractivity contribution in [2.75, 3.05) is 7.05 Å². The molecule has 0 aliphatic rings. The summed E-state index contributed by atoms with van der Waals surface area (Å²) in [4.78, 5) is 13.4. The Morgan fingerprint density at radius 2 is 1.81 bits per heavy atom. The van der Waals surface area contributed by atoms with Crippen LogP contribution in [0.1, 0.15) is 21.5 Å². The Balaban J connectivity index is 1.96. The van der Waals surface area contributed by atoms with E-state index in [1.54, 1.807) is 18.2 Å². The fraction of sp³-hybridized carbons (Fsp3) is 0.188. The van der Waals surface area contributed by atoms with Gasteiger partial charge in [-0.2, -0.15) is 0 Å². The van der Waals surface area contributed by atoms with Crippen molar-refractivity contribution in [3.8, 4) is 0 Å². The zero-order valence-electron chi connectivity index (χ0n) is 11.8. The molecule has 0 unspecified atom stereocenters. The number of hydrogen-bond acceptors (Lipinski definition) is 3. The first kappa shape index (κ1) is 15.2. The van der Waals surface area contributed by atoms with E-state index in [2.05, 4.69) is 10.3 Å². The van der Waals surface area contributed by atoms with Crippen LogP contribution in [0.15, 0.2) is 48.5 Å². The molecule has 0 aliphatic carbocycles. The highest BCUT2D eigenvalue weighted by molar-refractivity contribution is 5.93. The highest BCUT2D eigenvalue weighted by atomic mass is 19.1. The van der Waals surface area contributed by atoms with Gasteiger partial charge in [0, 0.05) is 18.7 Å². The molecule has 1 amide bonds. The van der Waals surface area contributed by atoms with E-state index >= 15 is 0 Å². The molecule has 4 nitrogen and oxygen atoms in total. The minimum absolute atomic E-state index is 0.224. The maximum Gasteiger partial charge on any atom is 0.265 e. The van der Waals surface area contributed by atoms with Crippen molar-refractivity contribution < 1.29 is 9.18 Å². The Bertz CT molecular complexity index is 613. The van der Waals surface area contributed by atoms with E-state index in [-0.39, 0.29) is 11.7 Å². The number of amides is 1. The van der Waals surface area contributed by atoms with Crippen LogP contribution in [-0.2, 0) is 13.1 Å². The Morgan fingerprint density at radius 1 is 1.14 bits per heavy atom. The van der Waals surface area contributed by atoms with Crippen molar-refractivity contribution in [3.05, 3.63) is 71.0 Å². The number of nitrogen functional groups attached to an aromatic ring is 1. The first-order valence-electron chi connectivity index (χ1n) is 6.61. The smallest absolute Gasteiger partial charge is 0.265 e. The monoisotopic (exact) mass is 287 g/mol. The summed E-state index contributed by atoms with van der Waals surface area (Å²) >= 11 is 0. The minimum atomic E-state index is -0.310. The van der Waals surface area contributed by atoms with E-state index in [9.17, 15) is 9.18 Å². The number of hydrogen-bond donors (Lipinski definition) is 2. The Labute approximate surface area is 123 Å². The molecule has 0 aromatic heterocycles. The summed E-state index contributed by atoms with van der Waals surface area (Å²) in [6.45, 7) is 1.36. The van der Waals surface area contributed by atoms with E-state index in [0.717, 1.165) is 11.1 Å². The topological polar surface area (TPSA) is 58.4 Å². The van der Waals surface area contributed by atoms with Crippen LogP contribution in [0.25, 0.3) is 0 Å². The highest BCUT2D eigenvalue weighted by Crippen LogP contribution is 2.10. The fourth-order valence-corrected chi connectivity index (χ4v) is 2.16. The Kier molecular flexibility index (Phi) is 5.03. The molecule has 0 fully saturated rings. The fourth-order valence-electron chi connectivity index (χ4n) is 2.16. The molecule has 0 saturated heterocycles. The third kappa shape index (κ3) is 4.37. The molecule has 0 saturated carbocycles. The summed E-state index contributed by atoms with van der Waals surface area (Å²) in [6.07, 6.45) is 0. The second kappa shape index (κ2) is 6.97. The summed E-state index contributed by atoms with van der Waals surface area (Å²) in [5.74, 6) is 4.55. The van der Waals surface area contributed by atoms with Gasteiger partial charge >= 0.3 is 0 Å². The molecular weight excluding hydrogens is 269 g/mol. The molecular formula is C16H18FN3O. The molecule has 2 rings (SSSR count). The van der Waals surface area contributed by atoms with Crippen LogP contribution in [0.3, 0.4) is 0 Å². The number of nitrogens with two attached hydrogens (primary N) is 1. The SMILES string of the molecule is CN(Cc1ccc(C(=O)NN)cc1)Cc1cccc(F)c1. The average Bonchev–Trinajstić information content (AvgIpc) is 2.47. The number of benzene rings is 2. The Hall–Kier alpha value is -2.24. The number of hydrazine groups is 1. The lowest BCUT2D eigenvalue weighted by Crippen LogP contribution is -2.29. The molecule has 0 atom stereocenters. The summed E-state index contributed by atoms with van der Waals surface area (Å²) in [5.41, 5.74) is 4.62. The number of carbonyl (C=O) groups is 1. The number of halogens is 1. The molecule has 3 N–H and O–H groups in total. The largest absolute Gasteiger partial charge is 0.298 e. The molecule has 2 aromatic rings. The van der Waals surface area contributed by atoms with Gasteiger partial charge in [0.1, 0.15) is 5.82 Å². The second-order valence-electron chi connectivity index (χ2n) is 4.97. The van der Waals surface area contributed by atoms with E-state index in [4.69, 9.17) is 5.84 Å². The lowest BCUT2D eigenvalue weighted by Gasteiger charge is -2.17. The predicted octanol–water partition coefficient (Wildman–Crippen LogP) is 2.06. The molecule has 0 spiro atoms. The van der Waals surface area contributed by atoms with Gasteiger partial charge in [-0.3, -0.25) is 15.1 Å². The van der Waals surface area contributed by atoms with Gasteiger partial charge in [-0.25, -0.2) is 10.2 Å². The van der Waals surface area contributed by atoms with Crippen LogP contribution in [0.2, 0.25) is 0 Å². The zero-order chi connectivity index (χ0) is 15.2. The van der Waals surface area contributed by atoms with Crippen LogP contribution in [-0.4, -0.2) is 17.9 Å². The lowest BCUT2D eigenvalue weighted by molar-refractivity contribution is 0.0953.